The number of nitrogens with one attached hydrogen (secondary N) is 2. The van der Waals surface area contributed by atoms with Crippen LogP contribution in [0.1, 0.15) is 6.42 Å². The fourth-order valence-corrected chi connectivity index (χ4v) is 2.62. The zero-order valence-electron chi connectivity index (χ0n) is 12.4. The van der Waals surface area contributed by atoms with E-state index in [4.69, 9.17) is 4.74 Å². The van der Waals surface area contributed by atoms with Gasteiger partial charge in [-0.25, -0.2) is 0 Å². The highest BCUT2D eigenvalue weighted by atomic mass is 35.5. The van der Waals surface area contributed by atoms with Crippen LogP contribution < -0.4 is 15.4 Å². The molecule has 0 aliphatic carbocycles. The van der Waals surface area contributed by atoms with E-state index < -0.39 is 0 Å². The number of ether oxygens (including phenoxy) is 1. The van der Waals surface area contributed by atoms with Crippen LogP contribution in [0.3, 0.4) is 0 Å². The van der Waals surface area contributed by atoms with Crippen LogP contribution in [-0.4, -0.2) is 32.1 Å². The van der Waals surface area contributed by atoms with E-state index in [0.717, 1.165) is 30.6 Å². The number of carbonyl (C=O) groups is 1. The molecule has 1 amide bonds. The average Bonchev–Trinajstić information content (AvgIpc) is 3.06. The molecular weight excluding hydrogens is 300 g/mol. The van der Waals surface area contributed by atoms with Crippen LogP contribution >= 0.6 is 12.4 Å². The Labute approximate surface area is 136 Å². The number of hydrogen-bond donors (Lipinski definition) is 2. The van der Waals surface area contributed by atoms with E-state index >= 15 is 0 Å². The standard InChI is InChI=1S/C17H20N2O2.ClH/c20-17(15-7-8-18-12-15)19-9-10-21-16-6-5-13-3-1-2-4-14(13)11-16;/h1-6,11,15,18H,7-10,12H2,(H,19,20);1H. The Hall–Kier alpha value is -1.78. The van der Waals surface area contributed by atoms with Crippen LogP contribution in [0, 0.1) is 5.92 Å². The first-order valence-electron chi connectivity index (χ1n) is 7.43. The van der Waals surface area contributed by atoms with Gasteiger partial charge in [-0.15, -0.1) is 12.4 Å². The molecule has 0 spiro atoms. The topological polar surface area (TPSA) is 50.4 Å². The Kier molecular flexibility index (Phi) is 6.04. The Balaban J connectivity index is 0.00000176. The van der Waals surface area contributed by atoms with Crippen LogP contribution in [0.25, 0.3) is 10.8 Å². The van der Waals surface area contributed by atoms with Gasteiger partial charge in [0.2, 0.25) is 5.91 Å². The van der Waals surface area contributed by atoms with Crippen molar-refractivity contribution in [2.45, 2.75) is 6.42 Å². The largest absolute Gasteiger partial charge is 0.492 e. The van der Waals surface area contributed by atoms with Gasteiger partial charge in [0.1, 0.15) is 12.4 Å². The van der Waals surface area contributed by atoms with E-state index in [1.165, 1.54) is 5.39 Å². The van der Waals surface area contributed by atoms with Crippen molar-refractivity contribution >= 4 is 29.1 Å². The van der Waals surface area contributed by atoms with Crippen LogP contribution in [0.4, 0.5) is 0 Å². The van der Waals surface area contributed by atoms with Crippen molar-refractivity contribution in [3.8, 4) is 5.75 Å². The number of hydrogen-bond acceptors (Lipinski definition) is 3. The maximum absolute atomic E-state index is 11.8. The fraction of sp³-hybridized carbons (Fsp3) is 0.353. The quantitative estimate of drug-likeness (QED) is 0.832. The minimum absolute atomic E-state index is 0. The Morgan fingerprint density at radius 2 is 2.05 bits per heavy atom. The van der Waals surface area contributed by atoms with Gasteiger partial charge in [0.15, 0.2) is 0 Å². The van der Waals surface area contributed by atoms with E-state index in [2.05, 4.69) is 22.8 Å². The first kappa shape index (κ1) is 16.6. The summed E-state index contributed by atoms with van der Waals surface area (Å²) in [6, 6.07) is 14.2. The molecule has 1 fully saturated rings. The Morgan fingerprint density at radius 1 is 1.23 bits per heavy atom. The lowest BCUT2D eigenvalue weighted by atomic mass is 10.1. The second-order valence-corrected chi connectivity index (χ2v) is 5.34. The SMILES string of the molecule is Cl.O=C(NCCOc1ccc2ccccc2c1)C1CCNC1. The molecule has 3 rings (SSSR count). The maximum Gasteiger partial charge on any atom is 0.224 e. The fourth-order valence-electron chi connectivity index (χ4n) is 2.62. The average molecular weight is 321 g/mol. The number of halogens is 1. The Morgan fingerprint density at radius 3 is 2.82 bits per heavy atom. The number of carbonyl (C=O) groups excluding carboxylic acids is 1. The molecule has 1 heterocycles. The first-order valence-corrected chi connectivity index (χ1v) is 7.43. The lowest BCUT2D eigenvalue weighted by molar-refractivity contribution is -0.124. The zero-order chi connectivity index (χ0) is 14.5. The van der Waals surface area contributed by atoms with Crippen LogP contribution in [0.2, 0.25) is 0 Å². The minimum Gasteiger partial charge on any atom is -0.492 e. The van der Waals surface area contributed by atoms with Crippen molar-refractivity contribution < 1.29 is 9.53 Å². The van der Waals surface area contributed by atoms with Crippen LogP contribution in [-0.2, 0) is 4.79 Å². The number of fused-ring (bicyclic) bond motifs is 1. The van der Waals surface area contributed by atoms with E-state index in [1.807, 2.05) is 30.3 Å². The molecule has 2 aromatic rings. The van der Waals surface area contributed by atoms with Crippen molar-refractivity contribution in [3.05, 3.63) is 42.5 Å². The highest BCUT2D eigenvalue weighted by Crippen LogP contribution is 2.20. The third kappa shape index (κ3) is 4.12. The third-order valence-electron chi connectivity index (χ3n) is 3.82. The van der Waals surface area contributed by atoms with Gasteiger partial charge >= 0.3 is 0 Å². The highest BCUT2D eigenvalue weighted by Gasteiger charge is 2.21. The summed E-state index contributed by atoms with van der Waals surface area (Å²) in [5, 5.41) is 8.49. The first-order chi connectivity index (χ1) is 10.3. The van der Waals surface area contributed by atoms with E-state index in [1.54, 1.807) is 0 Å². The summed E-state index contributed by atoms with van der Waals surface area (Å²) >= 11 is 0. The lowest BCUT2D eigenvalue weighted by Crippen LogP contribution is -2.34. The van der Waals surface area contributed by atoms with Crippen molar-refractivity contribution in [2.24, 2.45) is 5.92 Å². The van der Waals surface area contributed by atoms with Gasteiger partial charge in [-0.2, -0.15) is 0 Å². The normalized spacial score (nSPS) is 17.0. The third-order valence-corrected chi connectivity index (χ3v) is 3.82. The Bertz CT molecular complexity index is 627. The van der Waals surface area contributed by atoms with Crippen molar-refractivity contribution in [1.82, 2.24) is 10.6 Å². The molecule has 1 saturated heterocycles. The molecule has 22 heavy (non-hydrogen) atoms. The number of amides is 1. The van der Waals surface area contributed by atoms with Gasteiger partial charge in [0.05, 0.1) is 12.5 Å². The number of benzene rings is 2. The summed E-state index contributed by atoms with van der Waals surface area (Å²) in [7, 11) is 0. The van der Waals surface area contributed by atoms with E-state index in [-0.39, 0.29) is 24.2 Å². The molecule has 0 aromatic heterocycles. The molecule has 4 nitrogen and oxygen atoms in total. The van der Waals surface area contributed by atoms with Crippen LogP contribution in [0.5, 0.6) is 5.75 Å². The van der Waals surface area contributed by atoms with Gasteiger partial charge in [-0.3, -0.25) is 4.79 Å². The molecule has 0 radical (unpaired) electrons. The highest BCUT2D eigenvalue weighted by molar-refractivity contribution is 5.85. The molecule has 1 unspecified atom stereocenters. The van der Waals surface area contributed by atoms with Crippen LogP contribution in [0.15, 0.2) is 42.5 Å². The molecule has 1 atom stereocenters. The molecule has 1 aliphatic heterocycles. The predicted molar refractivity (Wildman–Crippen MR) is 90.7 cm³/mol. The summed E-state index contributed by atoms with van der Waals surface area (Å²) in [6.45, 7) is 2.76. The second-order valence-electron chi connectivity index (χ2n) is 5.34. The van der Waals surface area contributed by atoms with Crippen molar-refractivity contribution in [3.63, 3.8) is 0 Å². The smallest absolute Gasteiger partial charge is 0.224 e. The number of rotatable bonds is 5. The molecule has 5 heteroatoms. The molecular formula is C17H21ClN2O2. The minimum atomic E-state index is 0. The van der Waals surface area contributed by atoms with Gasteiger partial charge in [-0.05, 0) is 35.9 Å². The molecule has 2 aromatic carbocycles. The maximum atomic E-state index is 11.8. The summed E-state index contributed by atoms with van der Waals surface area (Å²) in [5.41, 5.74) is 0. The lowest BCUT2D eigenvalue weighted by Gasteiger charge is -2.11. The monoisotopic (exact) mass is 320 g/mol. The molecule has 118 valence electrons. The second kappa shape index (κ2) is 8.01. The molecule has 0 saturated carbocycles. The van der Waals surface area contributed by atoms with Crippen molar-refractivity contribution in [2.75, 3.05) is 26.2 Å². The van der Waals surface area contributed by atoms with E-state index in [9.17, 15) is 4.79 Å². The summed E-state index contributed by atoms with van der Waals surface area (Å²) in [5.74, 6) is 1.08. The van der Waals surface area contributed by atoms with E-state index in [0.29, 0.717) is 13.2 Å². The molecule has 1 aliphatic rings. The molecule has 0 bridgehead atoms. The zero-order valence-corrected chi connectivity index (χ0v) is 13.2. The van der Waals surface area contributed by atoms with Crippen molar-refractivity contribution in [1.29, 1.82) is 0 Å². The van der Waals surface area contributed by atoms with Gasteiger partial charge < -0.3 is 15.4 Å². The summed E-state index contributed by atoms with van der Waals surface area (Å²) in [4.78, 5) is 11.8. The van der Waals surface area contributed by atoms with Gasteiger partial charge in [-0.1, -0.05) is 30.3 Å². The van der Waals surface area contributed by atoms with Gasteiger partial charge in [0, 0.05) is 6.54 Å². The summed E-state index contributed by atoms with van der Waals surface area (Å²) in [6.07, 6.45) is 0.928. The summed E-state index contributed by atoms with van der Waals surface area (Å²) < 4.78 is 5.70. The van der Waals surface area contributed by atoms with Gasteiger partial charge in [0.25, 0.3) is 0 Å². The predicted octanol–water partition coefficient (Wildman–Crippen LogP) is 2.37. The molecule has 2 N–H and O–H groups in total.